The molecule has 0 radical (unpaired) electrons. The maximum absolute atomic E-state index is 12.1. The van der Waals surface area contributed by atoms with Crippen LogP contribution in [-0.4, -0.2) is 25.2 Å². The van der Waals surface area contributed by atoms with Gasteiger partial charge in [0.1, 0.15) is 6.20 Å². The third-order valence-electron chi connectivity index (χ3n) is 2.92. The predicted octanol–water partition coefficient (Wildman–Crippen LogP) is 1.89. The molecule has 0 unspecified atom stereocenters. The van der Waals surface area contributed by atoms with Crippen LogP contribution in [0.5, 0.6) is 0 Å². The van der Waals surface area contributed by atoms with Gasteiger partial charge in [-0.25, -0.2) is 9.55 Å². The van der Waals surface area contributed by atoms with Crippen LogP contribution < -0.4 is 0 Å². The zero-order valence-corrected chi connectivity index (χ0v) is 10.9. The lowest BCUT2D eigenvalue weighted by atomic mass is 10.1. The first kappa shape index (κ1) is 14.3. The first-order valence-electron chi connectivity index (χ1n) is 5.84. The van der Waals surface area contributed by atoms with Gasteiger partial charge in [-0.05, 0) is 17.1 Å². The van der Waals surface area contributed by atoms with Crippen LogP contribution in [0.15, 0.2) is 30.5 Å². The smallest absolute Gasteiger partial charge is 0.343 e. The molecule has 0 aliphatic carbocycles. The van der Waals surface area contributed by atoms with E-state index in [4.69, 9.17) is 0 Å². The first-order chi connectivity index (χ1) is 9.90. The number of hydrogen-bond donors (Lipinski definition) is 0. The van der Waals surface area contributed by atoms with Crippen molar-refractivity contribution in [2.24, 2.45) is 0 Å². The number of aromatic nitrogens is 2. The summed E-state index contributed by atoms with van der Waals surface area (Å²) in [6, 6.07) is 5.06. The Morgan fingerprint density at radius 2 is 1.81 bits per heavy atom. The van der Waals surface area contributed by atoms with Crippen molar-refractivity contribution in [2.75, 3.05) is 0 Å². The Morgan fingerprint density at radius 3 is 2.33 bits per heavy atom. The summed E-state index contributed by atoms with van der Waals surface area (Å²) in [6.45, 7) is 1.30. The molecule has 9 heteroatoms. The van der Waals surface area contributed by atoms with E-state index in [2.05, 4.69) is 4.98 Å². The molecule has 0 bridgehead atoms. The second-order valence-corrected chi connectivity index (χ2v) is 4.23. The number of benzene rings is 1. The third-order valence-corrected chi connectivity index (χ3v) is 2.92. The van der Waals surface area contributed by atoms with Crippen LogP contribution in [0.3, 0.4) is 0 Å². The quantitative estimate of drug-likeness (QED) is 0.471. The highest BCUT2D eigenvalue weighted by molar-refractivity contribution is 5.96. The summed E-state index contributed by atoms with van der Waals surface area (Å²) in [6.07, 6.45) is 1.08. The van der Waals surface area contributed by atoms with Crippen molar-refractivity contribution < 1.29 is 14.6 Å². The molecule has 1 aromatic carbocycles. The van der Waals surface area contributed by atoms with Crippen LogP contribution >= 0.6 is 0 Å². The Hall–Kier alpha value is -3.10. The molecule has 0 saturated heterocycles. The van der Waals surface area contributed by atoms with Crippen LogP contribution in [0.25, 0.3) is 0 Å². The van der Waals surface area contributed by atoms with E-state index in [9.17, 15) is 25.0 Å². The third kappa shape index (κ3) is 2.91. The highest BCUT2D eigenvalue weighted by Gasteiger charge is 2.21. The van der Waals surface area contributed by atoms with Gasteiger partial charge in [-0.15, -0.1) is 0 Å². The highest BCUT2D eigenvalue weighted by atomic mass is 16.6. The molecule has 21 heavy (non-hydrogen) atoms. The summed E-state index contributed by atoms with van der Waals surface area (Å²) in [5, 5.41) is 21.4. The number of nitro benzene ring substituents is 1. The molecule has 2 aromatic rings. The lowest BCUT2D eigenvalue weighted by molar-refractivity contribution is -0.392. The molecule has 1 heterocycles. The zero-order chi connectivity index (χ0) is 15.6. The highest BCUT2D eigenvalue weighted by Crippen LogP contribution is 2.16. The summed E-state index contributed by atoms with van der Waals surface area (Å²) < 4.78 is 1.18. The summed E-state index contributed by atoms with van der Waals surface area (Å²) in [5.74, 6) is -0.325. The van der Waals surface area contributed by atoms with Crippen molar-refractivity contribution in [2.45, 2.75) is 13.5 Å². The summed E-state index contributed by atoms with van der Waals surface area (Å²) in [5.41, 5.74) is 0.110. The van der Waals surface area contributed by atoms with Gasteiger partial charge in [0.2, 0.25) is 5.78 Å². The van der Waals surface area contributed by atoms with Gasteiger partial charge in [-0.3, -0.25) is 14.9 Å². The average Bonchev–Trinajstić information content (AvgIpc) is 2.80. The number of hydrogen-bond acceptors (Lipinski definition) is 6. The van der Waals surface area contributed by atoms with Gasteiger partial charge in [0.05, 0.1) is 4.92 Å². The van der Waals surface area contributed by atoms with Crippen molar-refractivity contribution in [3.05, 3.63) is 62.1 Å². The van der Waals surface area contributed by atoms with Crippen LogP contribution in [-0.2, 0) is 6.54 Å². The number of carbonyl (C=O) groups is 1. The van der Waals surface area contributed by atoms with E-state index in [-0.39, 0.29) is 23.6 Å². The first-order valence-corrected chi connectivity index (χ1v) is 5.84. The van der Waals surface area contributed by atoms with Gasteiger partial charge in [0, 0.05) is 24.6 Å². The SMILES string of the molecule is Cc1ncc([N+](=O)[O-])n1CC(=O)c1ccc([N+](=O)[O-])cc1. The fourth-order valence-corrected chi connectivity index (χ4v) is 1.80. The van der Waals surface area contributed by atoms with Crippen LogP contribution in [0.1, 0.15) is 16.2 Å². The van der Waals surface area contributed by atoms with Gasteiger partial charge in [-0.2, -0.15) is 0 Å². The van der Waals surface area contributed by atoms with Gasteiger partial charge in [0.25, 0.3) is 5.69 Å². The van der Waals surface area contributed by atoms with Crippen molar-refractivity contribution in [1.82, 2.24) is 9.55 Å². The molecule has 0 spiro atoms. The van der Waals surface area contributed by atoms with Crippen molar-refractivity contribution >= 4 is 17.3 Å². The number of nitro groups is 2. The summed E-state index contributed by atoms with van der Waals surface area (Å²) in [4.78, 5) is 36.1. The van der Waals surface area contributed by atoms with Gasteiger partial charge in [0.15, 0.2) is 12.4 Å². The largest absolute Gasteiger partial charge is 0.358 e. The minimum Gasteiger partial charge on any atom is -0.358 e. The second kappa shape index (κ2) is 5.49. The van der Waals surface area contributed by atoms with Gasteiger partial charge < -0.3 is 10.1 Å². The van der Waals surface area contributed by atoms with Crippen molar-refractivity contribution in [1.29, 1.82) is 0 Å². The summed E-state index contributed by atoms with van der Waals surface area (Å²) in [7, 11) is 0. The lowest BCUT2D eigenvalue weighted by Crippen LogP contribution is -2.13. The van der Waals surface area contributed by atoms with E-state index < -0.39 is 15.6 Å². The average molecular weight is 290 g/mol. The maximum atomic E-state index is 12.1. The number of imidazole rings is 1. The molecule has 0 aliphatic rings. The molecule has 0 aliphatic heterocycles. The van der Waals surface area contributed by atoms with E-state index in [0.29, 0.717) is 5.82 Å². The topological polar surface area (TPSA) is 121 Å². The Morgan fingerprint density at radius 1 is 1.19 bits per heavy atom. The van der Waals surface area contributed by atoms with Crippen LogP contribution in [0, 0.1) is 27.2 Å². The number of nitrogens with zero attached hydrogens (tertiary/aromatic N) is 4. The molecule has 0 N–H and O–H groups in total. The van der Waals surface area contributed by atoms with Crippen molar-refractivity contribution in [3.63, 3.8) is 0 Å². The number of Topliss-reactive ketones (excluding diaryl/α,β-unsaturated/α-hetero) is 1. The number of non-ortho nitro benzene ring substituents is 1. The fraction of sp³-hybridized carbons (Fsp3) is 0.167. The normalized spacial score (nSPS) is 10.3. The van der Waals surface area contributed by atoms with Gasteiger partial charge >= 0.3 is 5.82 Å². The molecule has 9 nitrogen and oxygen atoms in total. The standard InChI is InChI=1S/C12H10N4O5/c1-8-13-6-12(16(20)21)14(8)7-11(17)9-2-4-10(5-3-9)15(18)19/h2-6H,7H2,1H3. The molecular weight excluding hydrogens is 280 g/mol. The molecule has 1 aromatic heterocycles. The van der Waals surface area contributed by atoms with E-state index in [1.165, 1.54) is 28.8 Å². The number of aryl methyl sites for hydroxylation is 1. The van der Waals surface area contributed by atoms with E-state index in [0.717, 1.165) is 6.20 Å². The molecule has 0 amide bonds. The molecule has 108 valence electrons. The van der Waals surface area contributed by atoms with Crippen molar-refractivity contribution in [3.8, 4) is 0 Å². The number of rotatable bonds is 5. The Balaban J connectivity index is 2.24. The molecular formula is C12H10N4O5. The van der Waals surface area contributed by atoms with Crippen LogP contribution in [0.4, 0.5) is 11.5 Å². The number of ketones is 1. The summed E-state index contributed by atoms with van der Waals surface area (Å²) >= 11 is 0. The molecule has 2 rings (SSSR count). The second-order valence-electron chi connectivity index (χ2n) is 4.23. The number of carbonyl (C=O) groups excluding carboxylic acids is 1. The van der Waals surface area contributed by atoms with Gasteiger partial charge in [-0.1, -0.05) is 0 Å². The van der Waals surface area contributed by atoms with E-state index in [1.807, 2.05) is 0 Å². The lowest BCUT2D eigenvalue weighted by Gasteiger charge is -2.02. The minimum atomic E-state index is -0.622. The Bertz CT molecular complexity index is 720. The van der Waals surface area contributed by atoms with E-state index >= 15 is 0 Å². The minimum absolute atomic E-state index is 0.128. The Kier molecular flexibility index (Phi) is 3.74. The predicted molar refractivity (Wildman–Crippen MR) is 71.0 cm³/mol. The monoisotopic (exact) mass is 290 g/mol. The zero-order valence-electron chi connectivity index (χ0n) is 10.9. The molecule has 0 atom stereocenters. The maximum Gasteiger partial charge on any atom is 0.343 e. The molecule has 0 saturated carbocycles. The fourth-order valence-electron chi connectivity index (χ4n) is 1.80. The Labute approximate surface area is 118 Å². The molecule has 0 fully saturated rings. The van der Waals surface area contributed by atoms with Crippen LogP contribution in [0.2, 0.25) is 0 Å². The van der Waals surface area contributed by atoms with E-state index in [1.54, 1.807) is 6.92 Å².